The van der Waals surface area contributed by atoms with Gasteiger partial charge in [-0.15, -0.1) is 12.4 Å². The zero-order valence-corrected chi connectivity index (χ0v) is 17.0. The zero-order chi connectivity index (χ0) is 18.9. The highest BCUT2D eigenvalue weighted by molar-refractivity contribution is 5.95. The number of hydrogen-bond donors (Lipinski definition) is 1. The number of carbonyl (C=O) groups is 1. The Morgan fingerprint density at radius 3 is 2.66 bits per heavy atom. The summed E-state index contributed by atoms with van der Waals surface area (Å²) in [5.74, 6) is 0.145. The van der Waals surface area contributed by atoms with Crippen LogP contribution in [-0.2, 0) is 0 Å². The van der Waals surface area contributed by atoms with Gasteiger partial charge in [0.25, 0.3) is 5.91 Å². The van der Waals surface area contributed by atoms with E-state index in [1.165, 1.54) is 0 Å². The molecule has 1 amide bonds. The van der Waals surface area contributed by atoms with Gasteiger partial charge in [-0.1, -0.05) is 36.4 Å². The normalized spacial score (nSPS) is 20.8. The first-order chi connectivity index (χ1) is 13.8. The number of benzene rings is 2. The van der Waals surface area contributed by atoms with Gasteiger partial charge in [-0.25, -0.2) is 4.68 Å². The van der Waals surface area contributed by atoms with Gasteiger partial charge in [0.15, 0.2) is 0 Å². The fourth-order valence-electron chi connectivity index (χ4n) is 4.57. The summed E-state index contributed by atoms with van der Waals surface area (Å²) < 4.78 is 1.91. The molecule has 1 N–H and O–H groups in total. The van der Waals surface area contributed by atoms with Crippen LogP contribution in [0.4, 0.5) is 0 Å². The SMILES string of the molecule is Cl.O=C(c1cccc(-n2nccc2-c2ccccc2)c1)N1C2CCNCC1CC2. The average molecular weight is 409 g/mol. The molecule has 2 unspecified atom stereocenters. The molecule has 0 aliphatic carbocycles. The summed E-state index contributed by atoms with van der Waals surface area (Å²) in [6, 6.07) is 20.7. The van der Waals surface area contributed by atoms with Crippen LogP contribution in [0, 0.1) is 0 Å². The first kappa shape index (κ1) is 19.7. The van der Waals surface area contributed by atoms with E-state index in [0.29, 0.717) is 12.1 Å². The second-order valence-corrected chi connectivity index (χ2v) is 7.63. The Morgan fingerprint density at radius 2 is 1.79 bits per heavy atom. The second kappa shape index (κ2) is 8.39. The molecule has 6 heteroatoms. The van der Waals surface area contributed by atoms with E-state index in [4.69, 9.17) is 0 Å². The number of hydrogen-bond acceptors (Lipinski definition) is 3. The second-order valence-electron chi connectivity index (χ2n) is 7.63. The summed E-state index contributed by atoms with van der Waals surface area (Å²) in [5.41, 5.74) is 3.78. The van der Waals surface area contributed by atoms with E-state index < -0.39 is 0 Å². The lowest BCUT2D eigenvalue weighted by molar-refractivity contribution is 0.0680. The minimum Gasteiger partial charge on any atom is -0.331 e. The third kappa shape index (κ3) is 3.68. The Morgan fingerprint density at radius 1 is 0.966 bits per heavy atom. The molecular formula is C23H25ClN4O. The van der Waals surface area contributed by atoms with E-state index >= 15 is 0 Å². The van der Waals surface area contributed by atoms with E-state index in [0.717, 1.165) is 54.9 Å². The number of amides is 1. The molecular weight excluding hydrogens is 384 g/mol. The van der Waals surface area contributed by atoms with Gasteiger partial charge in [-0.3, -0.25) is 4.79 Å². The van der Waals surface area contributed by atoms with Gasteiger partial charge in [0.05, 0.1) is 17.6 Å². The van der Waals surface area contributed by atoms with Crippen LogP contribution in [0.1, 0.15) is 29.6 Å². The summed E-state index contributed by atoms with van der Waals surface area (Å²) in [6.07, 6.45) is 5.06. The molecule has 2 saturated heterocycles. The maximum Gasteiger partial charge on any atom is 0.254 e. The Kier molecular flexibility index (Phi) is 5.69. The Bertz CT molecular complexity index is 973. The molecule has 1 aromatic heterocycles. The standard InChI is InChI=1S/C23H24N4O.ClH/c28-23(26-19-9-10-21(26)16-24-13-11-19)18-7-4-8-20(15-18)27-22(12-14-25-27)17-5-2-1-3-6-17;/h1-8,12,14-15,19,21,24H,9-11,13,16H2;1H. The number of fused-ring (bicyclic) bond motifs is 2. The highest BCUT2D eigenvalue weighted by atomic mass is 35.5. The summed E-state index contributed by atoms with van der Waals surface area (Å²) in [6.45, 7) is 1.90. The first-order valence-corrected chi connectivity index (χ1v) is 10.0. The van der Waals surface area contributed by atoms with Crippen LogP contribution in [0.25, 0.3) is 16.9 Å². The third-order valence-electron chi connectivity index (χ3n) is 5.94. The molecule has 5 nitrogen and oxygen atoms in total. The van der Waals surface area contributed by atoms with Crippen molar-refractivity contribution in [3.63, 3.8) is 0 Å². The van der Waals surface area contributed by atoms with Gasteiger partial charge in [-0.2, -0.15) is 5.10 Å². The molecule has 29 heavy (non-hydrogen) atoms. The monoisotopic (exact) mass is 408 g/mol. The summed E-state index contributed by atoms with van der Waals surface area (Å²) in [4.78, 5) is 15.5. The molecule has 0 radical (unpaired) electrons. The van der Waals surface area contributed by atoms with Crippen molar-refractivity contribution in [2.45, 2.75) is 31.3 Å². The molecule has 0 spiro atoms. The van der Waals surface area contributed by atoms with E-state index in [9.17, 15) is 4.79 Å². The van der Waals surface area contributed by atoms with Gasteiger partial charge in [0.1, 0.15) is 0 Å². The van der Waals surface area contributed by atoms with Crippen molar-refractivity contribution in [1.82, 2.24) is 20.0 Å². The predicted octanol–water partition coefficient (Wildman–Crippen LogP) is 3.93. The quantitative estimate of drug-likeness (QED) is 0.714. The van der Waals surface area contributed by atoms with Crippen molar-refractivity contribution in [3.05, 3.63) is 72.4 Å². The zero-order valence-electron chi connectivity index (χ0n) is 16.2. The molecule has 5 rings (SSSR count). The minimum atomic E-state index is 0. The smallest absolute Gasteiger partial charge is 0.254 e. The summed E-state index contributed by atoms with van der Waals surface area (Å²) in [5, 5.41) is 7.98. The topological polar surface area (TPSA) is 50.2 Å². The van der Waals surface area contributed by atoms with E-state index in [2.05, 4.69) is 27.4 Å². The predicted molar refractivity (Wildman–Crippen MR) is 117 cm³/mol. The van der Waals surface area contributed by atoms with Crippen LogP contribution in [0.2, 0.25) is 0 Å². The highest BCUT2D eigenvalue weighted by Crippen LogP contribution is 2.30. The molecule has 2 atom stereocenters. The van der Waals surface area contributed by atoms with Crippen LogP contribution < -0.4 is 5.32 Å². The molecule has 2 aliphatic heterocycles. The van der Waals surface area contributed by atoms with Gasteiger partial charge >= 0.3 is 0 Å². The van der Waals surface area contributed by atoms with Crippen molar-refractivity contribution in [2.24, 2.45) is 0 Å². The molecule has 2 aromatic carbocycles. The lowest BCUT2D eigenvalue weighted by Gasteiger charge is -2.28. The molecule has 3 heterocycles. The molecule has 0 saturated carbocycles. The van der Waals surface area contributed by atoms with Crippen molar-refractivity contribution >= 4 is 18.3 Å². The van der Waals surface area contributed by atoms with E-state index in [-0.39, 0.29) is 18.3 Å². The minimum absolute atomic E-state index is 0. The number of rotatable bonds is 3. The van der Waals surface area contributed by atoms with Crippen LogP contribution >= 0.6 is 12.4 Å². The summed E-state index contributed by atoms with van der Waals surface area (Å²) >= 11 is 0. The van der Waals surface area contributed by atoms with Crippen LogP contribution in [-0.4, -0.2) is 45.8 Å². The number of halogens is 1. The number of nitrogens with zero attached hydrogens (tertiary/aromatic N) is 3. The summed E-state index contributed by atoms with van der Waals surface area (Å²) in [7, 11) is 0. The number of aromatic nitrogens is 2. The molecule has 2 fully saturated rings. The van der Waals surface area contributed by atoms with Crippen LogP contribution in [0.3, 0.4) is 0 Å². The van der Waals surface area contributed by atoms with Gasteiger partial charge < -0.3 is 10.2 Å². The van der Waals surface area contributed by atoms with Crippen molar-refractivity contribution in [2.75, 3.05) is 13.1 Å². The van der Waals surface area contributed by atoms with E-state index in [1.54, 1.807) is 6.20 Å². The van der Waals surface area contributed by atoms with Gasteiger partial charge in [0, 0.05) is 29.8 Å². The molecule has 3 aromatic rings. The Hall–Kier alpha value is -2.63. The lowest BCUT2D eigenvalue weighted by atomic mass is 10.1. The lowest BCUT2D eigenvalue weighted by Crippen LogP contribution is -2.42. The van der Waals surface area contributed by atoms with Gasteiger partial charge in [0.2, 0.25) is 0 Å². The first-order valence-electron chi connectivity index (χ1n) is 10.0. The molecule has 2 aliphatic rings. The van der Waals surface area contributed by atoms with Crippen LogP contribution in [0.5, 0.6) is 0 Å². The highest BCUT2D eigenvalue weighted by Gasteiger charge is 2.38. The van der Waals surface area contributed by atoms with Gasteiger partial charge in [-0.05, 0) is 50.1 Å². The maximum absolute atomic E-state index is 13.4. The fourth-order valence-corrected chi connectivity index (χ4v) is 4.57. The van der Waals surface area contributed by atoms with Crippen LogP contribution in [0.15, 0.2) is 66.9 Å². The maximum atomic E-state index is 13.4. The van der Waals surface area contributed by atoms with Crippen molar-refractivity contribution in [1.29, 1.82) is 0 Å². The Labute approximate surface area is 177 Å². The third-order valence-corrected chi connectivity index (χ3v) is 5.94. The average Bonchev–Trinajstić information content (AvgIpc) is 3.32. The van der Waals surface area contributed by atoms with Crippen molar-refractivity contribution in [3.8, 4) is 16.9 Å². The molecule has 2 bridgehead atoms. The Balaban J connectivity index is 0.00000205. The number of nitrogens with one attached hydrogen (secondary N) is 1. The largest absolute Gasteiger partial charge is 0.331 e. The van der Waals surface area contributed by atoms with E-state index in [1.807, 2.05) is 53.2 Å². The van der Waals surface area contributed by atoms with Crippen molar-refractivity contribution < 1.29 is 4.79 Å². The molecule has 150 valence electrons. The fraction of sp³-hybridized carbons (Fsp3) is 0.304. The number of carbonyl (C=O) groups excluding carboxylic acids is 1.